The maximum Gasteiger partial charge on any atom is 0.416 e. The summed E-state index contributed by atoms with van der Waals surface area (Å²) in [6.45, 7) is 1.84. The van der Waals surface area contributed by atoms with Crippen molar-refractivity contribution in [1.29, 1.82) is 0 Å². The average Bonchev–Trinajstić information content (AvgIpc) is 3.12. The van der Waals surface area contributed by atoms with Gasteiger partial charge in [0, 0.05) is 23.3 Å². The second-order valence-corrected chi connectivity index (χ2v) is 9.03. The number of pyridine rings is 1. The number of hydrogen-bond donors (Lipinski definition) is 1. The molecule has 154 valence electrons. The first kappa shape index (κ1) is 20.2. The Balaban J connectivity index is 1.92. The van der Waals surface area contributed by atoms with Crippen molar-refractivity contribution in [3.05, 3.63) is 95.3 Å². The van der Waals surface area contributed by atoms with E-state index in [2.05, 4.69) is 9.97 Å². The quantitative estimate of drug-likeness (QED) is 0.468. The molecule has 0 aliphatic rings. The number of H-pyrrole nitrogens is 1. The first-order valence-corrected chi connectivity index (χ1v) is 10.6. The van der Waals surface area contributed by atoms with E-state index in [0.717, 1.165) is 17.7 Å². The van der Waals surface area contributed by atoms with Crippen molar-refractivity contribution in [2.24, 2.45) is 0 Å². The molecule has 0 amide bonds. The van der Waals surface area contributed by atoms with Crippen molar-refractivity contribution in [1.82, 2.24) is 9.97 Å². The van der Waals surface area contributed by atoms with Crippen molar-refractivity contribution in [2.45, 2.75) is 23.2 Å². The molecule has 8 heteroatoms. The van der Waals surface area contributed by atoms with Crippen LogP contribution in [0.25, 0.3) is 11.0 Å². The van der Waals surface area contributed by atoms with Gasteiger partial charge in [0.25, 0.3) is 0 Å². The Morgan fingerprint density at radius 3 is 2.27 bits per heavy atom. The van der Waals surface area contributed by atoms with Gasteiger partial charge in [-0.05, 0) is 48.9 Å². The zero-order chi connectivity index (χ0) is 21.5. The molecule has 30 heavy (non-hydrogen) atoms. The Morgan fingerprint density at radius 1 is 0.967 bits per heavy atom. The molecule has 2 heterocycles. The predicted octanol–water partition coefficient (Wildman–Crippen LogP) is 5.45. The summed E-state index contributed by atoms with van der Waals surface area (Å²) in [7, 11) is -3.96. The van der Waals surface area contributed by atoms with E-state index in [9.17, 15) is 21.6 Å². The number of benzene rings is 2. The first-order valence-electron chi connectivity index (χ1n) is 9.07. The maximum atomic E-state index is 13.6. The monoisotopic (exact) mass is 430 g/mol. The fourth-order valence-corrected chi connectivity index (χ4v) is 5.26. The molecule has 0 radical (unpaired) electrons. The van der Waals surface area contributed by atoms with Gasteiger partial charge in [0.1, 0.15) is 10.9 Å². The van der Waals surface area contributed by atoms with Crippen molar-refractivity contribution in [2.75, 3.05) is 0 Å². The van der Waals surface area contributed by atoms with Gasteiger partial charge in [-0.15, -0.1) is 0 Å². The number of nitrogens with one attached hydrogen (secondary N) is 1. The lowest BCUT2D eigenvalue weighted by Gasteiger charge is -2.19. The molecule has 4 aromatic rings. The third-order valence-corrected chi connectivity index (χ3v) is 7.04. The lowest BCUT2D eigenvalue weighted by atomic mass is 10.0. The molecule has 1 N–H and O–H groups in total. The van der Waals surface area contributed by atoms with Crippen LogP contribution in [0.5, 0.6) is 0 Å². The SMILES string of the molecule is Cc1ccc(S(=O)(=O)C(c2ccc(C(F)(F)F)cc2)c2c[nH]c3ncccc23)cc1. The summed E-state index contributed by atoms with van der Waals surface area (Å²) in [4.78, 5) is 7.24. The molecule has 2 aromatic carbocycles. The topological polar surface area (TPSA) is 62.8 Å². The summed E-state index contributed by atoms with van der Waals surface area (Å²) in [5.74, 6) is 0. The average molecular weight is 430 g/mol. The van der Waals surface area contributed by atoms with E-state index in [1.807, 2.05) is 6.92 Å². The highest BCUT2D eigenvalue weighted by Gasteiger charge is 2.35. The molecule has 0 saturated carbocycles. The summed E-state index contributed by atoms with van der Waals surface area (Å²) < 4.78 is 66.2. The molecule has 4 nitrogen and oxygen atoms in total. The normalized spacial score (nSPS) is 13.5. The van der Waals surface area contributed by atoms with E-state index in [1.54, 1.807) is 36.7 Å². The van der Waals surface area contributed by atoms with E-state index >= 15 is 0 Å². The number of aryl methyl sites for hydroxylation is 1. The van der Waals surface area contributed by atoms with Crippen LogP contribution in [-0.4, -0.2) is 18.4 Å². The Bertz CT molecular complexity index is 1290. The van der Waals surface area contributed by atoms with E-state index in [-0.39, 0.29) is 10.5 Å². The largest absolute Gasteiger partial charge is 0.416 e. The lowest BCUT2D eigenvalue weighted by Crippen LogP contribution is -2.16. The minimum Gasteiger partial charge on any atom is -0.346 e. The van der Waals surface area contributed by atoms with Crippen molar-refractivity contribution in [3.63, 3.8) is 0 Å². The van der Waals surface area contributed by atoms with Crippen LogP contribution in [0.15, 0.2) is 78.0 Å². The van der Waals surface area contributed by atoms with E-state index in [0.29, 0.717) is 16.6 Å². The zero-order valence-electron chi connectivity index (χ0n) is 15.8. The lowest BCUT2D eigenvalue weighted by molar-refractivity contribution is -0.137. The second kappa shape index (κ2) is 7.28. The van der Waals surface area contributed by atoms with Gasteiger partial charge in [-0.1, -0.05) is 29.8 Å². The van der Waals surface area contributed by atoms with Crippen LogP contribution in [0.1, 0.15) is 27.5 Å². The van der Waals surface area contributed by atoms with Gasteiger partial charge in [0.05, 0.1) is 10.5 Å². The number of rotatable bonds is 4. The number of aromatic nitrogens is 2. The van der Waals surface area contributed by atoms with E-state index < -0.39 is 26.8 Å². The van der Waals surface area contributed by atoms with Gasteiger partial charge in [0.2, 0.25) is 0 Å². The molecule has 0 aliphatic heterocycles. The first-order chi connectivity index (χ1) is 14.2. The highest BCUT2D eigenvalue weighted by molar-refractivity contribution is 7.92. The molecule has 1 unspecified atom stereocenters. The van der Waals surface area contributed by atoms with Gasteiger partial charge in [-0.2, -0.15) is 13.2 Å². The predicted molar refractivity (Wildman–Crippen MR) is 108 cm³/mol. The number of alkyl halides is 3. The Labute approximate surface area is 171 Å². The standard InChI is InChI=1S/C22H17F3N2O2S/c1-14-4-10-17(11-5-14)30(28,29)20(15-6-8-16(9-7-15)22(23,24)25)19-13-27-21-18(19)3-2-12-26-21/h2-13,20H,1H3,(H,26,27). The van der Waals surface area contributed by atoms with Crippen molar-refractivity contribution < 1.29 is 21.6 Å². The van der Waals surface area contributed by atoms with Crippen LogP contribution in [-0.2, 0) is 16.0 Å². The molecule has 0 aliphatic carbocycles. The van der Waals surface area contributed by atoms with Crippen LogP contribution in [0, 0.1) is 6.92 Å². The molecule has 0 saturated heterocycles. The van der Waals surface area contributed by atoms with Crippen LogP contribution < -0.4 is 0 Å². The number of aromatic amines is 1. The van der Waals surface area contributed by atoms with E-state index in [4.69, 9.17) is 0 Å². The Kier molecular flexibility index (Phi) is 4.89. The maximum absolute atomic E-state index is 13.6. The van der Waals surface area contributed by atoms with Crippen LogP contribution in [0.2, 0.25) is 0 Å². The highest BCUT2D eigenvalue weighted by Crippen LogP contribution is 2.39. The Hall–Kier alpha value is -3.13. The number of nitrogens with zero attached hydrogens (tertiary/aromatic N) is 1. The number of halogens is 3. The van der Waals surface area contributed by atoms with Gasteiger partial charge in [0.15, 0.2) is 9.84 Å². The van der Waals surface area contributed by atoms with Gasteiger partial charge < -0.3 is 4.98 Å². The molecule has 0 bridgehead atoms. The molecular weight excluding hydrogens is 413 g/mol. The number of hydrogen-bond acceptors (Lipinski definition) is 3. The van der Waals surface area contributed by atoms with Crippen molar-refractivity contribution >= 4 is 20.9 Å². The Morgan fingerprint density at radius 2 is 1.63 bits per heavy atom. The highest BCUT2D eigenvalue weighted by atomic mass is 32.2. The van der Waals surface area contributed by atoms with Crippen molar-refractivity contribution in [3.8, 4) is 0 Å². The molecule has 1 atom stereocenters. The van der Waals surface area contributed by atoms with E-state index in [1.165, 1.54) is 24.3 Å². The van der Waals surface area contributed by atoms with Crippen LogP contribution in [0.3, 0.4) is 0 Å². The van der Waals surface area contributed by atoms with Gasteiger partial charge >= 0.3 is 6.18 Å². The fourth-order valence-electron chi connectivity index (χ4n) is 3.43. The molecular formula is C22H17F3N2O2S. The second-order valence-electron chi connectivity index (χ2n) is 7.00. The summed E-state index contributed by atoms with van der Waals surface area (Å²) in [5.41, 5.74) is 1.24. The number of fused-ring (bicyclic) bond motifs is 1. The summed E-state index contributed by atoms with van der Waals surface area (Å²) in [5, 5.41) is -0.599. The molecule has 4 rings (SSSR count). The third kappa shape index (κ3) is 3.59. The molecule has 2 aromatic heterocycles. The minimum atomic E-state index is -4.51. The fraction of sp³-hybridized carbons (Fsp3) is 0.136. The van der Waals surface area contributed by atoms with Gasteiger partial charge in [-0.25, -0.2) is 13.4 Å². The minimum absolute atomic E-state index is 0.0937. The van der Waals surface area contributed by atoms with Crippen LogP contribution in [0.4, 0.5) is 13.2 Å². The third-order valence-electron chi connectivity index (χ3n) is 4.97. The zero-order valence-corrected chi connectivity index (χ0v) is 16.6. The smallest absolute Gasteiger partial charge is 0.346 e. The summed E-state index contributed by atoms with van der Waals surface area (Å²) in [6.07, 6.45) is -1.38. The molecule has 0 spiro atoms. The molecule has 0 fully saturated rings. The summed E-state index contributed by atoms with van der Waals surface area (Å²) >= 11 is 0. The summed E-state index contributed by atoms with van der Waals surface area (Å²) in [6, 6.07) is 14.0. The van der Waals surface area contributed by atoms with Gasteiger partial charge in [-0.3, -0.25) is 0 Å². The van der Waals surface area contributed by atoms with Crippen LogP contribution >= 0.6 is 0 Å². The number of sulfone groups is 1.